The molecule has 0 radical (unpaired) electrons. The highest BCUT2D eigenvalue weighted by atomic mass is 32.2. The molecule has 2 N–H and O–H groups in total. The summed E-state index contributed by atoms with van der Waals surface area (Å²) in [7, 11) is 0. The van der Waals surface area contributed by atoms with Crippen LogP contribution >= 0.6 is 11.8 Å². The van der Waals surface area contributed by atoms with Crippen molar-refractivity contribution in [3.63, 3.8) is 0 Å². The lowest BCUT2D eigenvalue weighted by Gasteiger charge is -2.17. The van der Waals surface area contributed by atoms with Crippen LogP contribution < -0.4 is 10.1 Å². The van der Waals surface area contributed by atoms with Crippen LogP contribution in [0.4, 0.5) is 5.69 Å². The van der Waals surface area contributed by atoms with Crippen LogP contribution in [-0.2, 0) is 9.59 Å². The lowest BCUT2D eigenvalue weighted by molar-refractivity contribution is -0.139. The molecule has 20 heavy (non-hydrogen) atoms. The van der Waals surface area contributed by atoms with E-state index in [9.17, 15) is 9.59 Å². The van der Waals surface area contributed by atoms with Crippen LogP contribution in [0.5, 0.6) is 5.75 Å². The Kier molecular flexibility index (Phi) is 5.88. The van der Waals surface area contributed by atoms with Crippen molar-refractivity contribution in [1.82, 2.24) is 0 Å². The number of nitrogens with one attached hydrogen (secondary N) is 1. The smallest absolute Gasteiger partial charge is 0.341 e. The standard InChI is InChI=1S/C14H19NO4S/c1-14(2,3)20-9-12(16)15-10-5-4-6-11(7-10)19-8-13(17)18/h4-7H,8-9H2,1-3H3,(H,15,16)(H,17,18). The zero-order chi connectivity index (χ0) is 15.2. The fraction of sp³-hybridized carbons (Fsp3) is 0.429. The van der Waals surface area contributed by atoms with Crippen LogP contribution in [0.25, 0.3) is 0 Å². The predicted molar refractivity (Wildman–Crippen MR) is 80.4 cm³/mol. The largest absolute Gasteiger partial charge is 0.482 e. The van der Waals surface area contributed by atoms with E-state index in [0.717, 1.165) is 0 Å². The van der Waals surface area contributed by atoms with Crippen molar-refractivity contribution in [3.05, 3.63) is 24.3 Å². The van der Waals surface area contributed by atoms with Crippen molar-refractivity contribution in [2.45, 2.75) is 25.5 Å². The summed E-state index contributed by atoms with van der Waals surface area (Å²) in [5, 5.41) is 11.3. The van der Waals surface area contributed by atoms with Crippen molar-refractivity contribution in [2.24, 2.45) is 0 Å². The van der Waals surface area contributed by atoms with Crippen molar-refractivity contribution in [1.29, 1.82) is 0 Å². The van der Waals surface area contributed by atoms with E-state index in [1.54, 1.807) is 36.0 Å². The zero-order valence-electron chi connectivity index (χ0n) is 11.8. The molecule has 0 saturated carbocycles. The number of hydrogen-bond donors (Lipinski definition) is 2. The lowest BCUT2D eigenvalue weighted by Crippen LogP contribution is -2.19. The van der Waals surface area contributed by atoms with Gasteiger partial charge >= 0.3 is 5.97 Å². The third-order valence-electron chi connectivity index (χ3n) is 2.12. The van der Waals surface area contributed by atoms with Gasteiger partial charge in [-0.05, 0) is 12.1 Å². The third-order valence-corrected chi connectivity index (χ3v) is 3.39. The second-order valence-electron chi connectivity index (χ2n) is 5.16. The van der Waals surface area contributed by atoms with Gasteiger partial charge in [0, 0.05) is 16.5 Å². The fourth-order valence-electron chi connectivity index (χ4n) is 1.29. The average molecular weight is 297 g/mol. The summed E-state index contributed by atoms with van der Waals surface area (Å²) < 4.78 is 5.08. The number of rotatable bonds is 6. The highest BCUT2D eigenvalue weighted by Gasteiger charge is 2.13. The fourth-order valence-corrected chi connectivity index (χ4v) is 1.92. The second kappa shape index (κ2) is 7.19. The van der Waals surface area contributed by atoms with Gasteiger partial charge in [-0.25, -0.2) is 4.79 Å². The number of amides is 1. The molecule has 0 saturated heterocycles. The normalized spacial score (nSPS) is 10.9. The molecule has 1 aromatic rings. The SMILES string of the molecule is CC(C)(C)SCC(=O)Nc1cccc(OCC(=O)O)c1. The highest BCUT2D eigenvalue weighted by Crippen LogP contribution is 2.23. The molecule has 0 fully saturated rings. The predicted octanol–water partition coefficient (Wildman–Crippen LogP) is 2.62. The summed E-state index contributed by atoms with van der Waals surface area (Å²) in [6, 6.07) is 6.67. The van der Waals surface area contributed by atoms with E-state index in [0.29, 0.717) is 17.2 Å². The second-order valence-corrected chi connectivity index (χ2v) is 6.96. The van der Waals surface area contributed by atoms with E-state index in [4.69, 9.17) is 9.84 Å². The van der Waals surface area contributed by atoms with Gasteiger partial charge in [0.25, 0.3) is 0 Å². The molecule has 0 aromatic heterocycles. The summed E-state index contributed by atoms with van der Waals surface area (Å²) in [6.45, 7) is 5.74. The molecule has 0 atom stereocenters. The van der Waals surface area contributed by atoms with Gasteiger partial charge in [0.2, 0.25) is 5.91 Å². The zero-order valence-corrected chi connectivity index (χ0v) is 12.6. The van der Waals surface area contributed by atoms with Crippen molar-refractivity contribution < 1.29 is 19.4 Å². The maximum absolute atomic E-state index is 11.8. The minimum Gasteiger partial charge on any atom is -0.482 e. The highest BCUT2D eigenvalue weighted by molar-refractivity contribution is 8.01. The Morgan fingerprint density at radius 3 is 2.65 bits per heavy atom. The van der Waals surface area contributed by atoms with Crippen LogP contribution in [0.3, 0.4) is 0 Å². The maximum Gasteiger partial charge on any atom is 0.341 e. The van der Waals surface area contributed by atoms with Gasteiger partial charge in [0.05, 0.1) is 5.75 Å². The summed E-state index contributed by atoms with van der Waals surface area (Å²) in [5.41, 5.74) is 0.590. The van der Waals surface area contributed by atoms with Gasteiger partial charge in [0.1, 0.15) is 5.75 Å². The first-order chi connectivity index (χ1) is 9.26. The lowest BCUT2D eigenvalue weighted by atomic mass is 10.3. The van der Waals surface area contributed by atoms with E-state index in [2.05, 4.69) is 5.32 Å². The number of thioether (sulfide) groups is 1. The Morgan fingerprint density at radius 1 is 1.35 bits per heavy atom. The van der Waals surface area contributed by atoms with Gasteiger partial charge in [-0.2, -0.15) is 0 Å². The van der Waals surface area contributed by atoms with Gasteiger partial charge in [-0.3, -0.25) is 4.79 Å². The molecule has 1 rings (SSSR count). The van der Waals surface area contributed by atoms with E-state index < -0.39 is 12.6 Å². The molecular formula is C14H19NO4S. The van der Waals surface area contributed by atoms with E-state index in [1.165, 1.54) is 0 Å². The number of anilines is 1. The van der Waals surface area contributed by atoms with Crippen LogP contribution in [-0.4, -0.2) is 34.1 Å². The molecule has 110 valence electrons. The monoisotopic (exact) mass is 297 g/mol. The Hall–Kier alpha value is -1.69. The molecule has 1 aromatic carbocycles. The van der Waals surface area contributed by atoms with Gasteiger partial charge < -0.3 is 15.2 Å². The van der Waals surface area contributed by atoms with Gasteiger partial charge in [-0.1, -0.05) is 26.8 Å². The Morgan fingerprint density at radius 2 is 2.05 bits per heavy atom. The number of aliphatic carboxylic acids is 1. The Labute approximate surface area is 122 Å². The summed E-state index contributed by atoms with van der Waals surface area (Å²) in [5.74, 6) is -0.362. The molecule has 0 aliphatic rings. The molecule has 1 amide bonds. The number of ether oxygens (including phenoxy) is 1. The molecule has 0 bridgehead atoms. The van der Waals surface area contributed by atoms with Crippen molar-refractivity contribution >= 4 is 29.3 Å². The van der Waals surface area contributed by atoms with Gasteiger partial charge in [0.15, 0.2) is 6.61 Å². The summed E-state index contributed by atoms with van der Waals surface area (Å²) in [4.78, 5) is 22.2. The van der Waals surface area contributed by atoms with E-state index >= 15 is 0 Å². The van der Waals surface area contributed by atoms with Crippen LogP contribution in [0.1, 0.15) is 20.8 Å². The summed E-state index contributed by atoms with van der Waals surface area (Å²) in [6.07, 6.45) is 0. The average Bonchev–Trinajstić information content (AvgIpc) is 2.34. The molecule has 0 spiro atoms. The molecule has 0 aliphatic heterocycles. The van der Waals surface area contributed by atoms with Crippen LogP contribution in [0.2, 0.25) is 0 Å². The minimum absolute atomic E-state index is 0.0315. The Balaban J connectivity index is 2.53. The first-order valence-corrected chi connectivity index (χ1v) is 7.13. The number of carboxylic acids is 1. The number of benzene rings is 1. The topological polar surface area (TPSA) is 75.6 Å². The maximum atomic E-state index is 11.8. The van der Waals surface area contributed by atoms with Crippen LogP contribution in [0.15, 0.2) is 24.3 Å². The van der Waals surface area contributed by atoms with Gasteiger partial charge in [-0.15, -0.1) is 11.8 Å². The number of carbonyl (C=O) groups excluding carboxylic acids is 1. The number of carboxylic acid groups (broad SMARTS) is 1. The van der Waals surface area contributed by atoms with Crippen molar-refractivity contribution in [2.75, 3.05) is 17.7 Å². The summed E-state index contributed by atoms with van der Waals surface area (Å²) >= 11 is 1.56. The number of hydrogen-bond acceptors (Lipinski definition) is 4. The van der Waals surface area contributed by atoms with Crippen molar-refractivity contribution in [3.8, 4) is 5.75 Å². The molecule has 0 heterocycles. The van der Waals surface area contributed by atoms with Crippen LogP contribution in [0, 0.1) is 0 Å². The molecule has 6 heteroatoms. The Bertz CT molecular complexity index is 482. The molecular weight excluding hydrogens is 278 g/mol. The quantitative estimate of drug-likeness (QED) is 0.844. The first-order valence-electron chi connectivity index (χ1n) is 6.15. The van der Waals surface area contributed by atoms with E-state index in [-0.39, 0.29) is 10.7 Å². The number of carbonyl (C=O) groups is 2. The minimum atomic E-state index is -1.04. The molecule has 0 aliphatic carbocycles. The third kappa shape index (κ3) is 7.04. The molecule has 0 unspecified atom stereocenters. The van der Waals surface area contributed by atoms with E-state index in [1.807, 2.05) is 20.8 Å². The first kappa shape index (κ1) is 16.4. The molecule has 5 nitrogen and oxygen atoms in total.